The Hall–Kier alpha value is -7.94. The topological polar surface area (TPSA) is 25.8 Å². The van der Waals surface area contributed by atoms with Crippen molar-refractivity contribution in [1.29, 1.82) is 0 Å². The number of nitrogens with zero attached hydrogens (tertiary/aromatic N) is 2. The first-order chi connectivity index (χ1) is 30.3. The van der Waals surface area contributed by atoms with Gasteiger partial charge in [-0.15, -0.1) is 0 Å². The van der Waals surface area contributed by atoms with Crippen LogP contribution in [0.2, 0.25) is 0 Å². The molecule has 61 heavy (non-hydrogen) atoms. The van der Waals surface area contributed by atoms with E-state index >= 15 is 0 Å². The van der Waals surface area contributed by atoms with Crippen molar-refractivity contribution in [3.8, 4) is 89.5 Å². The molecule has 0 fully saturated rings. The fourth-order valence-electron chi connectivity index (χ4n) is 10.2. The first-order valence-electron chi connectivity index (χ1n) is 21.0. The van der Waals surface area contributed by atoms with Crippen molar-refractivity contribution in [2.75, 3.05) is 0 Å². The Labute approximate surface area is 356 Å². The third-order valence-corrected chi connectivity index (χ3v) is 12.8. The first kappa shape index (κ1) is 35.0. The molecule has 1 heterocycles. The van der Waals surface area contributed by atoms with Crippen LogP contribution in [0.15, 0.2) is 231 Å². The van der Waals surface area contributed by atoms with E-state index in [1.54, 1.807) is 0 Å². The van der Waals surface area contributed by atoms with Crippen LogP contribution in [0.3, 0.4) is 0 Å². The van der Waals surface area contributed by atoms with Crippen LogP contribution in [-0.2, 0) is 5.41 Å². The molecule has 0 radical (unpaired) electrons. The number of hydrogen-bond donors (Lipinski definition) is 0. The summed E-state index contributed by atoms with van der Waals surface area (Å²) in [4.78, 5) is 11.0. The van der Waals surface area contributed by atoms with Gasteiger partial charge in [0, 0.05) is 16.7 Å². The molecular formula is C59H38N2. The summed E-state index contributed by atoms with van der Waals surface area (Å²) in [7, 11) is 0. The Kier molecular flexibility index (Phi) is 8.11. The van der Waals surface area contributed by atoms with Crippen molar-refractivity contribution >= 4 is 0 Å². The van der Waals surface area contributed by atoms with Gasteiger partial charge in [-0.1, -0.05) is 218 Å². The predicted octanol–water partition coefficient (Wildman–Crippen LogP) is 14.8. The molecule has 1 spiro atoms. The van der Waals surface area contributed by atoms with E-state index in [2.05, 4.69) is 231 Å². The Morgan fingerprint density at radius 3 is 1.33 bits per heavy atom. The maximum absolute atomic E-state index is 5.58. The molecule has 0 aliphatic heterocycles. The second-order valence-electron chi connectivity index (χ2n) is 16.0. The molecule has 0 saturated heterocycles. The highest BCUT2D eigenvalue weighted by Crippen LogP contribution is 2.62. The van der Waals surface area contributed by atoms with Crippen LogP contribution >= 0.6 is 0 Å². The SMILES string of the molecule is c1ccc(-c2cccc(-c3cc(-c4cccc5c4-c4ccccc4C54c5ccccc5-c5ccccc5-c5ccccc54)nc(-c4ccccc4-c4ccccc4)n3)c2)cc1. The standard InChI is InChI=1S/C59H38N2/c1-3-19-39(20-4-1)41-23-17-24-42(37-41)55-38-56(61-58(60-55)48-30-10-7-25-43(48)40-21-5-2-6-22-40)50-32-18-36-54-57(50)49-31-13-16-35-53(49)59(54)51-33-14-11-28-46(51)44-26-8-9-27-45(44)47-29-12-15-34-52(47)59/h1-38H. The minimum absolute atomic E-state index is 0.587. The second-order valence-corrected chi connectivity index (χ2v) is 16.0. The van der Waals surface area contributed by atoms with Gasteiger partial charge >= 0.3 is 0 Å². The zero-order chi connectivity index (χ0) is 40.3. The molecule has 2 nitrogen and oxygen atoms in total. The van der Waals surface area contributed by atoms with Crippen LogP contribution in [0, 0.1) is 0 Å². The Morgan fingerprint density at radius 2 is 0.672 bits per heavy atom. The maximum atomic E-state index is 5.58. The average Bonchev–Trinajstić information content (AvgIpc) is 3.59. The highest BCUT2D eigenvalue weighted by Gasteiger charge is 2.50. The molecule has 10 aromatic rings. The fraction of sp³-hybridized carbons (Fsp3) is 0.0169. The van der Waals surface area contributed by atoms with Crippen LogP contribution in [0.1, 0.15) is 22.3 Å². The minimum Gasteiger partial charge on any atom is -0.228 e. The number of hydrogen-bond acceptors (Lipinski definition) is 2. The molecule has 12 rings (SSSR count). The van der Waals surface area contributed by atoms with Gasteiger partial charge in [0.15, 0.2) is 5.82 Å². The summed E-state index contributed by atoms with van der Waals surface area (Å²) in [5.41, 5.74) is 21.4. The summed E-state index contributed by atoms with van der Waals surface area (Å²) in [6.07, 6.45) is 0. The third kappa shape index (κ3) is 5.43. The normalized spacial score (nSPS) is 12.7. The van der Waals surface area contributed by atoms with Crippen molar-refractivity contribution in [2.24, 2.45) is 0 Å². The quantitative estimate of drug-likeness (QED) is 0.174. The van der Waals surface area contributed by atoms with Crippen molar-refractivity contribution in [2.45, 2.75) is 5.41 Å². The van der Waals surface area contributed by atoms with E-state index in [4.69, 9.17) is 9.97 Å². The van der Waals surface area contributed by atoms with Gasteiger partial charge < -0.3 is 0 Å². The molecule has 0 bridgehead atoms. The highest BCUT2D eigenvalue weighted by atomic mass is 14.9. The highest BCUT2D eigenvalue weighted by molar-refractivity contribution is 6.01. The number of fused-ring (bicyclic) bond motifs is 12. The van der Waals surface area contributed by atoms with Crippen LogP contribution in [0.5, 0.6) is 0 Å². The van der Waals surface area contributed by atoms with E-state index in [1.165, 1.54) is 61.2 Å². The minimum atomic E-state index is -0.587. The molecule has 9 aromatic carbocycles. The fourth-order valence-corrected chi connectivity index (χ4v) is 10.2. The van der Waals surface area contributed by atoms with Crippen molar-refractivity contribution in [1.82, 2.24) is 9.97 Å². The molecule has 0 amide bonds. The molecular weight excluding hydrogens is 737 g/mol. The molecule has 2 aliphatic rings. The summed E-state index contributed by atoms with van der Waals surface area (Å²) in [5, 5.41) is 0. The van der Waals surface area contributed by atoms with Gasteiger partial charge in [0.2, 0.25) is 0 Å². The van der Waals surface area contributed by atoms with Crippen LogP contribution in [-0.4, -0.2) is 9.97 Å². The predicted molar refractivity (Wildman–Crippen MR) is 251 cm³/mol. The maximum Gasteiger partial charge on any atom is 0.161 e. The summed E-state index contributed by atoms with van der Waals surface area (Å²) in [5.74, 6) is 0.691. The first-order valence-corrected chi connectivity index (χ1v) is 21.0. The number of benzene rings is 9. The van der Waals surface area contributed by atoms with Gasteiger partial charge in [0.25, 0.3) is 0 Å². The van der Waals surface area contributed by atoms with Crippen LogP contribution in [0.4, 0.5) is 0 Å². The van der Waals surface area contributed by atoms with E-state index in [9.17, 15) is 0 Å². The molecule has 0 N–H and O–H groups in total. The monoisotopic (exact) mass is 774 g/mol. The molecule has 1 aromatic heterocycles. The zero-order valence-electron chi connectivity index (χ0n) is 33.3. The summed E-state index contributed by atoms with van der Waals surface area (Å²) in [6.45, 7) is 0. The summed E-state index contributed by atoms with van der Waals surface area (Å²) in [6, 6.07) is 83.5. The molecule has 2 aliphatic carbocycles. The van der Waals surface area contributed by atoms with Gasteiger partial charge in [-0.3, -0.25) is 0 Å². The van der Waals surface area contributed by atoms with E-state index in [-0.39, 0.29) is 0 Å². The molecule has 284 valence electrons. The van der Waals surface area contributed by atoms with Crippen molar-refractivity contribution < 1.29 is 0 Å². The largest absolute Gasteiger partial charge is 0.228 e. The van der Waals surface area contributed by atoms with Crippen LogP contribution in [0.25, 0.3) is 89.5 Å². The molecule has 0 saturated carbocycles. The smallest absolute Gasteiger partial charge is 0.161 e. The van der Waals surface area contributed by atoms with Gasteiger partial charge in [-0.2, -0.15) is 0 Å². The Morgan fingerprint density at radius 1 is 0.246 bits per heavy atom. The van der Waals surface area contributed by atoms with Gasteiger partial charge in [-0.25, -0.2) is 9.97 Å². The van der Waals surface area contributed by atoms with E-state index in [0.717, 1.165) is 44.8 Å². The third-order valence-electron chi connectivity index (χ3n) is 12.8. The van der Waals surface area contributed by atoms with Crippen molar-refractivity contribution in [3.05, 3.63) is 253 Å². The Bertz CT molecular complexity index is 3240. The molecule has 0 atom stereocenters. The zero-order valence-corrected chi connectivity index (χ0v) is 33.3. The lowest BCUT2D eigenvalue weighted by molar-refractivity contribution is 0.775. The van der Waals surface area contributed by atoms with Gasteiger partial charge in [0.05, 0.1) is 16.8 Å². The lowest BCUT2D eigenvalue weighted by Crippen LogP contribution is -2.29. The average molecular weight is 775 g/mol. The van der Waals surface area contributed by atoms with Crippen molar-refractivity contribution in [3.63, 3.8) is 0 Å². The lowest BCUT2D eigenvalue weighted by Gasteiger charge is -2.35. The number of aromatic nitrogens is 2. The number of rotatable bonds is 5. The van der Waals surface area contributed by atoms with E-state index in [0.29, 0.717) is 5.82 Å². The van der Waals surface area contributed by atoms with Gasteiger partial charge in [-0.05, 0) is 90.0 Å². The summed E-state index contributed by atoms with van der Waals surface area (Å²) < 4.78 is 0. The Balaban J connectivity index is 1.15. The van der Waals surface area contributed by atoms with Gasteiger partial charge in [0.1, 0.15) is 0 Å². The summed E-state index contributed by atoms with van der Waals surface area (Å²) >= 11 is 0. The van der Waals surface area contributed by atoms with E-state index < -0.39 is 5.41 Å². The van der Waals surface area contributed by atoms with E-state index in [1.807, 2.05) is 0 Å². The molecule has 0 unspecified atom stereocenters. The second kappa shape index (κ2) is 14.1. The molecule has 2 heteroatoms. The van der Waals surface area contributed by atoms with Crippen LogP contribution < -0.4 is 0 Å². The lowest BCUT2D eigenvalue weighted by atomic mass is 9.66.